The maximum absolute atomic E-state index is 11.9. The molecule has 2 N–H and O–H groups in total. The van der Waals surface area contributed by atoms with Gasteiger partial charge in [-0.05, 0) is 42.8 Å². The van der Waals surface area contributed by atoms with Gasteiger partial charge in [-0.15, -0.1) is 0 Å². The van der Waals surface area contributed by atoms with Gasteiger partial charge >= 0.3 is 6.03 Å². The molecular weight excluding hydrogens is 319 g/mol. The Kier molecular flexibility index (Phi) is 4.76. The topological polar surface area (TPSA) is 41.1 Å². The fourth-order valence-corrected chi connectivity index (χ4v) is 2.11. The molecule has 0 aliphatic carbocycles. The van der Waals surface area contributed by atoms with E-state index in [-0.39, 0.29) is 0 Å². The first-order valence-corrected chi connectivity index (χ1v) is 6.88. The highest BCUT2D eigenvalue weighted by Crippen LogP contribution is 2.26. The fraction of sp³-hybridized carbons (Fsp3) is 0.0714. The monoisotopic (exact) mass is 328 g/mol. The second kappa shape index (κ2) is 6.35. The van der Waals surface area contributed by atoms with Gasteiger partial charge in [-0.1, -0.05) is 40.9 Å². The Balaban J connectivity index is 2.13. The molecule has 2 amide bonds. The molecule has 0 unspecified atom stereocenters. The average molecular weight is 330 g/mol. The van der Waals surface area contributed by atoms with Crippen molar-refractivity contribution in [2.45, 2.75) is 6.92 Å². The van der Waals surface area contributed by atoms with Crippen molar-refractivity contribution in [1.29, 1.82) is 0 Å². The van der Waals surface area contributed by atoms with E-state index in [9.17, 15) is 4.79 Å². The van der Waals surface area contributed by atoms with Gasteiger partial charge in [0.1, 0.15) is 0 Å². The summed E-state index contributed by atoms with van der Waals surface area (Å²) in [4.78, 5) is 11.9. The quantitative estimate of drug-likeness (QED) is 0.740. The third-order valence-corrected chi connectivity index (χ3v) is 3.42. The molecular formula is C14H11Cl3N2O. The Morgan fingerprint density at radius 3 is 2.15 bits per heavy atom. The number of rotatable bonds is 2. The molecule has 2 aromatic rings. The summed E-state index contributed by atoms with van der Waals surface area (Å²) in [5, 5.41) is 6.79. The second-order valence-corrected chi connectivity index (χ2v) is 5.44. The smallest absolute Gasteiger partial charge is 0.307 e. The lowest BCUT2D eigenvalue weighted by Crippen LogP contribution is -2.20. The molecule has 0 fully saturated rings. The molecule has 0 aromatic heterocycles. The van der Waals surface area contributed by atoms with Crippen LogP contribution >= 0.6 is 34.8 Å². The molecule has 0 aliphatic heterocycles. The summed E-state index contributed by atoms with van der Waals surface area (Å²) >= 11 is 17.7. The predicted molar refractivity (Wildman–Crippen MR) is 85.3 cm³/mol. The van der Waals surface area contributed by atoms with Crippen LogP contribution in [0.3, 0.4) is 0 Å². The van der Waals surface area contributed by atoms with Crippen LogP contribution in [0.25, 0.3) is 0 Å². The molecule has 0 radical (unpaired) electrons. The molecule has 0 heterocycles. The van der Waals surface area contributed by atoms with Crippen LogP contribution in [0, 0.1) is 6.92 Å². The lowest BCUT2D eigenvalue weighted by atomic mass is 10.2. The van der Waals surface area contributed by atoms with Gasteiger partial charge in [-0.25, -0.2) is 4.79 Å². The number of hydrogen-bond acceptors (Lipinski definition) is 1. The Bertz CT molecular complexity index is 603. The normalized spacial score (nSPS) is 10.2. The van der Waals surface area contributed by atoms with Gasteiger partial charge in [0.25, 0.3) is 0 Å². The molecule has 2 rings (SSSR count). The van der Waals surface area contributed by atoms with Crippen LogP contribution in [-0.4, -0.2) is 6.03 Å². The van der Waals surface area contributed by atoms with E-state index >= 15 is 0 Å². The van der Waals surface area contributed by atoms with Crippen molar-refractivity contribution in [1.82, 2.24) is 0 Å². The first kappa shape index (κ1) is 15.0. The highest BCUT2D eigenvalue weighted by molar-refractivity contribution is 6.35. The Morgan fingerprint density at radius 1 is 0.900 bits per heavy atom. The molecule has 0 aliphatic rings. The lowest BCUT2D eigenvalue weighted by molar-refractivity contribution is 0.262. The molecule has 104 valence electrons. The van der Waals surface area contributed by atoms with Crippen molar-refractivity contribution in [2.75, 3.05) is 10.6 Å². The average Bonchev–Trinajstić information content (AvgIpc) is 2.38. The molecule has 0 saturated carbocycles. The lowest BCUT2D eigenvalue weighted by Gasteiger charge is -2.11. The Hall–Kier alpha value is -1.42. The van der Waals surface area contributed by atoms with Gasteiger partial charge in [0.15, 0.2) is 0 Å². The summed E-state index contributed by atoms with van der Waals surface area (Å²) in [7, 11) is 0. The largest absolute Gasteiger partial charge is 0.323 e. The molecule has 3 nitrogen and oxygen atoms in total. The van der Waals surface area contributed by atoms with Crippen LogP contribution in [0.4, 0.5) is 16.2 Å². The minimum atomic E-state index is -0.417. The Labute approximate surface area is 131 Å². The van der Waals surface area contributed by atoms with Gasteiger partial charge in [0.05, 0.1) is 10.7 Å². The SMILES string of the molecule is Cc1ccc(Cl)cc1NC(=O)Nc1cc(Cl)ccc1Cl. The van der Waals surface area contributed by atoms with E-state index in [1.54, 1.807) is 30.3 Å². The van der Waals surface area contributed by atoms with Crippen molar-refractivity contribution in [3.05, 3.63) is 57.0 Å². The van der Waals surface area contributed by atoms with E-state index < -0.39 is 6.03 Å². The number of nitrogens with one attached hydrogen (secondary N) is 2. The highest BCUT2D eigenvalue weighted by atomic mass is 35.5. The number of anilines is 2. The van der Waals surface area contributed by atoms with Crippen molar-refractivity contribution >= 4 is 52.2 Å². The molecule has 0 atom stereocenters. The molecule has 0 bridgehead atoms. The number of hydrogen-bond donors (Lipinski definition) is 2. The minimum absolute atomic E-state index is 0.410. The maximum Gasteiger partial charge on any atom is 0.323 e. The molecule has 0 saturated heterocycles. The fourth-order valence-electron chi connectivity index (χ4n) is 1.60. The van der Waals surface area contributed by atoms with Crippen LogP contribution in [-0.2, 0) is 0 Å². The zero-order valence-electron chi connectivity index (χ0n) is 10.5. The Morgan fingerprint density at radius 2 is 1.45 bits per heavy atom. The third-order valence-electron chi connectivity index (χ3n) is 2.62. The maximum atomic E-state index is 11.9. The summed E-state index contributed by atoms with van der Waals surface area (Å²) < 4.78 is 0. The number of halogens is 3. The summed E-state index contributed by atoms with van der Waals surface area (Å²) in [6, 6.07) is 9.68. The molecule has 20 heavy (non-hydrogen) atoms. The van der Waals surface area contributed by atoms with Crippen LogP contribution in [0.2, 0.25) is 15.1 Å². The van der Waals surface area contributed by atoms with Gasteiger partial charge in [-0.3, -0.25) is 0 Å². The summed E-state index contributed by atoms with van der Waals surface area (Å²) in [5.41, 5.74) is 1.98. The standard InChI is InChI=1S/C14H11Cl3N2O/c1-8-2-3-9(15)6-12(8)18-14(20)19-13-7-10(16)4-5-11(13)17/h2-7H,1H3,(H2,18,19,20). The van der Waals surface area contributed by atoms with E-state index in [4.69, 9.17) is 34.8 Å². The molecule has 6 heteroatoms. The first-order valence-electron chi connectivity index (χ1n) is 5.75. The van der Waals surface area contributed by atoms with Crippen LogP contribution < -0.4 is 10.6 Å². The number of benzene rings is 2. The highest BCUT2D eigenvalue weighted by Gasteiger charge is 2.08. The van der Waals surface area contributed by atoms with E-state index in [0.29, 0.717) is 26.4 Å². The molecule has 2 aromatic carbocycles. The van der Waals surface area contributed by atoms with Crippen LogP contribution in [0.5, 0.6) is 0 Å². The van der Waals surface area contributed by atoms with Gasteiger partial charge in [0.2, 0.25) is 0 Å². The minimum Gasteiger partial charge on any atom is -0.307 e. The van der Waals surface area contributed by atoms with E-state index in [0.717, 1.165) is 5.56 Å². The summed E-state index contributed by atoms with van der Waals surface area (Å²) in [5.74, 6) is 0. The zero-order chi connectivity index (χ0) is 14.7. The number of amides is 2. The van der Waals surface area contributed by atoms with Gasteiger partial charge in [0, 0.05) is 15.7 Å². The van der Waals surface area contributed by atoms with E-state index in [1.165, 1.54) is 0 Å². The number of urea groups is 1. The van der Waals surface area contributed by atoms with Crippen molar-refractivity contribution in [3.8, 4) is 0 Å². The van der Waals surface area contributed by atoms with Crippen molar-refractivity contribution in [3.63, 3.8) is 0 Å². The zero-order valence-corrected chi connectivity index (χ0v) is 12.8. The van der Waals surface area contributed by atoms with Crippen LogP contribution in [0.15, 0.2) is 36.4 Å². The summed E-state index contributed by atoms with van der Waals surface area (Å²) in [6.45, 7) is 1.87. The number of aryl methyl sites for hydroxylation is 1. The third kappa shape index (κ3) is 3.79. The van der Waals surface area contributed by atoms with Crippen molar-refractivity contribution < 1.29 is 4.79 Å². The van der Waals surface area contributed by atoms with Gasteiger partial charge in [-0.2, -0.15) is 0 Å². The number of carbonyl (C=O) groups excluding carboxylic acids is 1. The first-order chi connectivity index (χ1) is 9.45. The second-order valence-electron chi connectivity index (χ2n) is 4.16. The number of carbonyl (C=O) groups is 1. The van der Waals surface area contributed by atoms with Gasteiger partial charge < -0.3 is 10.6 Å². The molecule has 0 spiro atoms. The van der Waals surface area contributed by atoms with E-state index in [1.807, 2.05) is 13.0 Å². The van der Waals surface area contributed by atoms with Crippen LogP contribution in [0.1, 0.15) is 5.56 Å². The summed E-state index contributed by atoms with van der Waals surface area (Å²) in [6.07, 6.45) is 0. The predicted octanol–water partition coefficient (Wildman–Crippen LogP) is 5.60. The van der Waals surface area contributed by atoms with Crippen molar-refractivity contribution in [2.24, 2.45) is 0 Å². The van der Waals surface area contributed by atoms with E-state index in [2.05, 4.69) is 10.6 Å².